The molecular weight excluding hydrogens is 499 g/mol. The fourth-order valence-electron chi connectivity index (χ4n) is 5.32. The van der Waals surface area contributed by atoms with Crippen molar-refractivity contribution in [3.05, 3.63) is 83.7 Å². The lowest BCUT2D eigenvalue weighted by atomic mass is 9.64. The van der Waals surface area contributed by atoms with Crippen LogP contribution in [0.2, 0.25) is 0 Å². The van der Waals surface area contributed by atoms with Gasteiger partial charge in [0.05, 0.1) is 11.3 Å². The molecule has 0 aliphatic heterocycles. The standard InChI is InChI=1S/C28H34F3N3O2S/c1-7-34(37(35,36)25-14-9-8-11-21(25)29)18-28(5)16-15-20(27(28,3)4)19(2)17-24(33-32-6)26-22(30)12-10-13-23(26)31/h8-14,17,20H,2,7,15-16,18H2,1,3-6H3/b24-17-,33-32-. The highest BCUT2D eigenvalue weighted by Gasteiger charge is 2.53. The number of rotatable bonds is 9. The molecule has 3 rings (SSSR count). The van der Waals surface area contributed by atoms with Crippen LogP contribution in [0.25, 0.3) is 5.70 Å². The number of benzene rings is 2. The predicted octanol–water partition coefficient (Wildman–Crippen LogP) is 7.24. The van der Waals surface area contributed by atoms with Gasteiger partial charge in [0.2, 0.25) is 10.0 Å². The first-order chi connectivity index (χ1) is 17.3. The molecule has 200 valence electrons. The van der Waals surface area contributed by atoms with Crippen molar-refractivity contribution in [2.24, 2.45) is 27.0 Å². The molecule has 0 spiro atoms. The van der Waals surface area contributed by atoms with Crippen molar-refractivity contribution in [1.29, 1.82) is 0 Å². The predicted molar refractivity (Wildman–Crippen MR) is 140 cm³/mol. The molecule has 1 fully saturated rings. The van der Waals surface area contributed by atoms with E-state index in [9.17, 15) is 21.6 Å². The van der Waals surface area contributed by atoms with Crippen LogP contribution in [0.1, 0.15) is 46.1 Å². The molecule has 2 aromatic rings. The Balaban J connectivity index is 1.94. The van der Waals surface area contributed by atoms with E-state index >= 15 is 0 Å². The quantitative estimate of drug-likeness (QED) is 0.252. The average molecular weight is 534 g/mol. The number of sulfonamides is 1. The van der Waals surface area contributed by atoms with E-state index in [2.05, 4.69) is 16.8 Å². The molecule has 5 nitrogen and oxygen atoms in total. The molecule has 2 aromatic carbocycles. The minimum Gasteiger partial charge on any atom is -0.207 e. The molecule has 0 radical (unpaired) electrons. The Kier molecular flexibility index (Phi) is 8.49. The van der Waals surface area contributed by atoms with Crippen LogP contribution in [-0.2, 0) is 10.0 Å². The molecule has 1 aliphatic carbocycles. The Bertz CT molecular complexity index is 1320. The Hall–Kier alpha value is -2.78. The third kappa shape index (κ3) is 5.43. The molecule has 0 amide bonds. The highest BCUT2D eigenvalue weighted by Crippen LogP contribution is 2.58. The van der Waals surface area contributed by atoms with Gasteiger partial charge < -0.3 is 0 Å². The molecule has 0 N–H and O–H groups in total. The van der Waals surface area contributed by atoms with Crippen LogP contribution in [0.5, 0.6) is 0 Å². The first kappa shape index (κ1) is 28.8. The second-order valence-corrected chi connectivity index (χ2v) is 12.1. The summed E-state index contributed by atoms with van der Waals surface area (Å²) in [7, 11) is -2.64. The summed E-state index contributed by atoms with van der Waals surface area (Å²) in [6, 6.07) is 8.97. The minimum absolute atomic E-state index is 0.0322. The summed E-state index contributed by atoms with van der Waals surface area (Å²) >= 11 is 0. The lowest BCUT2D eigenvalue weighted by Gasteiger charge is -2.44. The molecule has 2 unspecified atom stereocenters. The molecule has 0 aromatic heterocycles. The van der Waals surface area contributed by atoms with E-state index in [0.29, 0.717) is 18.4 Å². The van der Waals surface area contributed by atoms with Crippen LogP contribution < -0.4 is 0 Å². The summed E-state index contributed by atoms with van der Waals surface area (Å²) in [5.41, 5.74) is -0.566. The highest BCUT2D eigenvalue weighted by atomic mass is 32.2. The van der Waals surface area contributed by atoms with E-state index in [1.165, 1.54) is 35.6 Å². The van der Waals surface area contributed by atoms with Crippen molar-refractivity contribution >= 4 is 15.7 Å². The summed E-state index contributed by atoms with van der Waals surface area (Å²) < 4.78 is 71.4. The summed E-state index contributed by atoms with van der Waals surface area (Å²) in [6.07, 6.45) is 2.92. The SMILES string of the molecule is C=C(/C=C(\N=N/C)c1c(F)cccc1F)C1CCC(C)(CN(CC)S(=O)(=O)c2ccccc2F)C1(C)C. The number of halogens is 3. The largest absolute Gasteiger partial charge is 0.245 e. The number of allylic oxidation sites excluding steroid dienone is 2. The maximum atomic E-state index is 14.5. The smallest absolute Gasteiger partial charge is 0.207 e. The molecule has 1 aliphatic rings. The first-order valence-electron chi connectivity index (χ1n) is 12.2. The number of hydrogen-bond acceptors (Lipinski definition) is 4. The maximum absolute atomic E-state index is 14.5. The monoisotopic (exact) mass is 533 g/mol. The van der Waals surface area contributed by atoms with Crippen molar-refractivity contribution < 1.29 is 21.6 Å². The van der Waals surface area contributed by atoms with E-state index in [1.807, 2.05) is 20.8 Å². The summed E-state index contributed by atoms with van der Waals surface area (Å²) in [5, 5.41) is 7.70. The summed E-state index contributed by atoms with van der Waals surface area (Å²) in [4.78, 5) is -0.346. The second-order valence-electron chi connectivity index (χ2n) is 10.2. The van der Waals surface area contributed by atoms with Crippen LogP contribution in [0.3, 0.4) is 0 Å². The van der Waals surface area contributed by atoms with Crippen molar-refractivity contribution in [2.75, 3.05) is 20.1 Å². The van der Waals surface area contributed by atoms with Gasteiger partial charge in [0.1, 0.15) is 22.3 Å². The van der Waals surface area contributed by atoms with Crippen molar-refractivity contribution in [3.63, 3.8) is 0 Å². The lowest BCUT2D eigenvalue weighted by molar-refractivity contribution is 0.0802. The van der Waals surface area contributed by atoms with Gasteiger partial charge in [0.15, 0.2) is 0 Å². The van der Waals surface area contributed by atoms with Crippen LogP contribution >= 0.6 is 0 Å². The zero-order chi connectivity index (χ0) is 27.6. The Labute approximate surface area is 217 Å². The Morgan fingerprint density at radius 1 is 1.08 bits per heavy atom. The molecule has 9 heteroatoms. The van der Waals surface area contributed by atoms with Gasteiger partial charge in [0, 0.05) is 20.1 Å². The number of nitrogens with zero attached hydrogens (tertiary/aromatic N) is 3. The maximum Gasteiger partial charge on any atom is 0.245 e. The van der Waals surface area contributed by atoms with Gasteiger partial charge in [-0.05, 0) is 65.5 Å². The van der Waals surface area contributed by atoms with Gasteiger partial charge in [-0.3, -0.25) is 0 Å². The van der Waals surface area contributed by atoms with E-state index in [-0.39, 0.29) is 35.2 Å². The van der Waals surface area contributed by atoms with Gasteiger partial charge in [-0.2, -0.15) is 14.5 Å². The third-order valence-electron chi connectivity index (χ3n) is 7.94. The summed E-state index contributed by atoms with van der Waals surface area (Å²) in [6.45, 7) is 12.4. The van der Waals surface area contributed by atoms with Crippen molar-refractivity contribution in [1.82, 2.24) is 4.31 Å². The highest BCUT2D eigenvalue weighted by molar-refractivity contribution is 7.89. The Morgan fingerprint density at radius 2 is 1.68 bits per heavy atom. The van der Waals surface area contributed by atoms with Crippen LogP contribution in [0.15, 0.2) is 75.8 Å². The van der Waals surface area contributed by atoms with Crippen LogP contribution in [0, 0.1) is 34.2 Å². The second kappa shape index (κ2) is 10.9. The van der Waals surface area contributed by atoms with Crippen LogP contribution in [0.4, 0.5) is 13.2 Å². The molecule has 0 bridgehead atoms. The van der Waals surface area contributed by atoms with Crippen molar-refractivity contribution in [2.45, 2.75) is 45.4 Å². The topological polar surface area (TPSA) is 62.1 Å². The van der Waals surface area contributed by atoms with Crippen LogP contribution in [-0.4, -0.2) is 32.9 Å². The molecule has 0 saturated heterocycles. The summed E-state index contributed by atoms with van der Waals surface area (Å²) in [5.74, 6) is -2.41. The number of hydrogen-bond donors (Lipinski definition) is 0. The fourth-order valence-corrected chi connectivity index (χ4v) is 6.96. The van der Waals surface area contributed by atoms with E-state index in [0.717, 1.165) is 18.2 Å². The average Bonchev–Trinajstić information content (AvgIpc) is 3.06. The van der Waals surface area contributed by atoms with Crippen molar-refractivity contribution in [3.8, 4) is 0 Å². The van der Waals surface area contributed by atoms with Gasteiger partial charge in [0.25, 0.3) is 0 Å². The molecule has 1 saturated carbocycles. The van der Waals surface area contributed by atoms with Gasteiger partial charge in [-0.25, -0.2) is 21.6 Å². The minimum atomic E-state index is -4.05. The third-order valence-corrected chi connectivity index (χ3v) is 9.89. The van der Waals surface area contributed by atoms with Gasteiger partial charge in [-0.1, -0.05) is 52.5 Å². The van der Waals surface area contributed by atoms with E-state index in [4.69, 9.17) is 0 Å². The van der Waals surface area contributed by atoms with E-state index < -0.39 is 38.3 Å². The molecule has 0 heterocycles. The lowest BCUT2D eigenvalue weighted by Crippen LogP contribution is -2.46. The fraction of sp³-hybridized carbons (Fsp3) is 0.429. The zero-order valence-corrected chi connectivity index (χ0v) is 22.7. The number of azo groups is 1. The van der Waals surface area contributed by atoms with Gasteiger partial charge >= 0.3 is 0 Å². The van der Waals surface area contributed by atoms with E-state index in [1.54, 1.807) is 13.0 Å². The Morgan fingerprint density at radius 3 is 2.24 bits per heavy atom. The first-order valence-corrected chi connectivity index (χ1v) is 13.6. The van der Waals surface area contributed by atoms with Gasteiger partial charge in [-0.15, -0.1) is 0 Å². The zero-order valence-electron chi connectivity index (χ0n) is 21.9. The normalized spacial score (nSPS) is 22.2. The molecular formula is C28H34F3N3O2S. The molecule has 37 heavy (non-hydrogen) atoms. The molecule has 2 atom stereocenters.